The van der Waals surface area contributed by atoms with Crippen molar-refractivity contribution < 1.29 is 22.7 Å². The Hall–Kier alpha value is -4.63. The third kappa shape index (κ3) is 9.23. The topological polar surface area (TPSA) is 96.0 Å². The normalized spacial score (nSPS) is 12.6. The number of hydrogen-bond acceptors (Lipinski definition) is 5. The summed E-state index contributed by atoms with van der Waals surface area (Å²) in [5, 5.41) is 3.06. The molecule has 0 unspecified atom stereocenters. The van der Waals surface area contributed by atoms with Gasteiger partial charge in [0.1, 0.15) is 18.3 Å². The first-order valence-electron chi connectivity index (χ1n) is 16.0. The molecule has 0 spiro atoms. The van der Waals surface area contributed by atoms with Gasteiger partial charge in [0.15, 0.2) is 0 Å². The first kappa shape index (κ1) is 35.2. The fraction of sp³-hybridized carbons (Fsp3) is 0.316. The van der Waals surface area contributed by atoms with Crippen LogP contribution in [0.3, 0.4) is 0 Å². The van der Waals surface area contributed by atoms with Crippen LogP contribution in [0.4, 0.5) is 5.69 Å². The van der Waals surface area contributed by atoms with E-state index in [1.54, 1.807) is 37.4 Å². The average Bonchev–Trinajstić information content (AvgIpc) is 3.09. The molecule has 0 aliphatic heterocycles. The van der Waals surface area contributed by atoms with Crippen LogP contribution in [0.25, 0.3) is 0 Å². The van der Waals surface area contributed by atoms with E-state index in [1.165, 1.54) is 17.0 Å². The number of nitrogens with zero attached hydrogens (tertiary/aromatic N) is 2. The number of methoxy groups -OCH3 is 1. The Morgan fingerprint density at radius 3 is 2.02 bits per heavy atom. The van der Waals surface area contributed by atoms with E-state index in [-0.39, 0.29) is 35.7 Å². The Balaban J connectivity index is 1.82. The number of rotatable bonds is 15. The number of ether oxygens (including phenoxy) is 1. The van der Waals surface area contributed by atoms with Gasteiger partial charge in [0, 0.05) is 19.0 Å². The van der Waals surface area contributed by atoms with Crippen LogP contribution < -0.4 is 14.4 Å². The van der Waals surface area contributed by atoms with E-state index in [0.29, 0.717) is 17.9 Å². The zero-order valence-corrected chi connectivity index (χ0v) is 28.6. The quantitative estimate of drug-likeness (QED) is 0.156. The molecule has 9 heteroatoms. The SMILES string of the molecule is CC[C@@H](C)NC(=O)[C@H](Cc1ccccc1)N(Cc1cccc(OC)c1)C(=O)CN(c1ccc(C(C)C)cc1)S(=O)(=O)c1ccccc1. The highest BCUT2D eigenvalue weighted by Gasteiger charge is 2.35. The van der Waals surface area contributed by atoms with Crippen molar-refractivity contribution >= 4 is 27.5 Å². The number of amides is 2. The fourth-order valence-electron chi connectivity index (χ4n) is 5.24. The van der Waals surface area contributed by atoms with Gasteiger partial charge in [-0.25, -0.2) is 8.42 Å². The summed E-state index contributed by atoms with van der Waals surface area (Å²) in [6.07, 6.45) is 0.955. The minimum Gasteiger partial charge on any atom is -0.497 e. The first-order chi connectivity index (χ1) is 22.5. The van der Waals surface area contributed by atoms with Gasteiger partial charge in [-0.1, -0.05) is 93.6 Å². The zero-order valence-electron chi connectivity index (χ0n) is 27.8. The second-order valence-electron chi connectivity index (χ2n) is 12.0. The lowest BCUT2D eigenvalue weighted by atomic mass is 10.0. The van der Waals surface area contributed by atoms with E-state index in [0.717, 1.165) is 21.0 Å². The maximum absolute atomic E-state index is 14.6. The van der Waals surface area contributed by atoms with Gasteiger partial charge in [-0.3, -0.25) is 13.9 Å². The van der Waals surface area contributed by atoms with Crippen molar-refractivity contribution in [2.24, 2.45) is 0 Å². The van der Waals surface area contributed by atoms with Crippen molar-refractivity contribution in [2.75, 3.05) is 18.0 Å². The highest BCUT2D eigenvalue weighted by molar-refractivity contribution is 7.92. The van der Waals surface area contributed by atoms with Crippen molar-refractivity contribution in [3.63, 3.8) is 0 Å². The van der Waals surface area contributed by atoms with Gasteiger partial charge >= 0.3 is 0 Å². The average molecular weight is 656 g/mol. The molecule has 0 fully saturated rings. The summed E-state index contributed by atoms with van der Waals surface area (Å²) in [4.78, 5) is 30.2. The lowest BCUT2D eigenvalue weighted by Crippen LogP contribution is -2.54. The second kappa shape index (κ2) is 16.3. The molecule has 248 valence electrons. The molecule has 1 N–H and O–H groups in total. The molecule has 2 atom stereocenters. The van der Waals surface area contributed by atoms with Gasteiger partial charge in [0.05, 0.1) is 17.7 Å². The molecule has 4 aromatic rings. The smallest absolute Gasteiger partial charge is 0.264 e. The predicted molar refractivity (Wildman–Crippen MR) is 187 cm³/mol. The molecule has 47 heavy (non-hydrogen) atoms. The monoisotopic (exact) mass is 655 g/mol. The fourth-order valence-corrected chi connectivity index (χ4v) is 6.67. The third-order valence-electron chi connectivity index (χ3n) is 8.22. The van der Waals surface area contributed by atoms with Gasteiger partial charge in [0.2, 0.25) is 11.8 Å². The van der Waals surface area contributed by atoms with Crippen molar-refractivity contribution in [3.8, 4) is 5.75 Å². The number of anilines is 1. The summed E-state index contributed by atoms with van der Waals surface area (Å²) in [7, 11) is -2.60. The Morgan fingerprint density at radius 1 is 0.809 bits per heavy atom. The van der Waals surface area contributed by atoms with Crippen molar-refractivity contribution in [3.05, 3.63) is 126 Å². The van der Waals surface area contributed by atoms with Crippen molar-refractivity contribution in [1.82, 2.24) is 10.2 Å². The molecular weight excluding hydrogens is 611 g/mol. The maximum atomic E-state index is 14.6. The molecule has 0 aliphatic rings. The van der Waals surface area contributed by atoms with Crippen molar-refractivity contribution in [1.29, 1.82) is 0 Å². The van der Waals surface area contributed by atoms with Gasteiger partial charge in [-0.05, 0) is 72.4 Å². The standard InChI is InChI=1S/C38H45N3O5S/c1-6-29(4)39-38(43)36(25-30-14-9-7-10-15-30)40(26-31-16-13-17-34(24-31)46-5)37(42)27-41(33-22-20-32(21-23-33)28(2)3)47(44,45)35-18-11-8-12-19-35/h7-24,28-29,36H,6,25-27H2,1-5H3,(H,39,43)/t29-,36+/m1/s1. The Labute approximate surface area is 279 Å². The van der Waals surface area contributed by atoms with Crippen LogP contribution >= 0.6 is 0 Å². The summed E-state index contributed by atoms with van der Waals surface area (Å²) >= 11 is 0. The molecule has 8 nitrogen and oxygen atoms in total. The molecule has 0 aliphatic carbocycles. The van der Waals surface area contributed by atoms with Gasteiger partial charge in [-0.15, -0.1) is 0 Å². The highest BCUT2D eigenvalue weighted by atomic mass is 32.2. The Bertz CT molecular complexity index is 1710. The number of carbonyl (C=O) groups is 2. The lowest BCUT2D eigenvalue weighted by Gasteiger charge is -2.34. The minimum atomic E-state index is -4.16. The van der Waals surface area contributed by atoms with E-state index in [2.05, 4.69) is 19.2 Å². The largest absolute Gasteiger partial charge is 0.497 e. The van der Waals surface area contributed by atoms with E-state index in [1.807, 2.05) is 80.6 Å². The maximum Gasteiger partial charge on any atom is 0.264 e. The van der Waals surface area contributed by atoms with E-state index < -0.39 is 28.5 Å². The molecular formula is C38H45N3O5S. The highest BCUT2D eigenvalue weighted by Crippen LogP contribution is 2.27. The molecule has 4 aromatic carbocycles. The Morgan fingerprint density at radius 2 is 1.43 bits per heavy atom. The van der Waals surface area contributed by atoms with Gasteiger partial charge in [0.25, 0.3) is 10.0 Å². The number of sulfonamides is 1. The Kier molecular flexibility index (Phi) is 12.2. The summed E-state index contributed by atoms with van der Waals surface area (Å²) in [6.45, 7) is 7.57. The molecule has 0 saturated heterocycles. The van der Waals surface area contributed by atoms with Gasteiger partial charge < -0.3 is 15.0 Å². The summed E-state index contributed by atoms with van der Waals surface area (Å²) in [5.41, 5.74) is 3.02. The van der Waals surface area contributed by atoms with E-state index in [4.69, 9.17) is 4.74 Å². The summed E-state index contributed by atoms with van der Waals surface area (Å²) < 4.78 is 35.0. The van der Waals surface area contributed by atoms with Crippen LogP contribution in [0.1, 0.15) is 56.7 Å². The number of benzene rings is 4. The van der Waals surface area contributed by atoms with Crippen LogP contribution in [0.15, 0.2) is 114 Å². The lowest BCUT2D eigenvalue weighted by molar-refractivity contribution is -0.140. The predicted octanol–water partition coefficient (Wildman–Crippen LogP) is 6.57. The van der Waals surface area contributed by atoms with E-state index >= 15 is 0 Å². The summed E-state index contributed by atoms with van der Waals surface area (Å²) in [6, 6.07) is 31.1. The molecule has 4 rings (SSSR count). The van der Waals surface area contributed by atoms with Crippen molar-refractivity contribution in [2.45, 2.75) is 70.0 Å². The van der Waals surface area contributed by atoms with Crippen LogP contribution in [0, 0.1) is 0 Å². The van der Waals surface area contributed by atoms with Gasteiger partial charge in [-0.2, -0.15) is 0 Å². The molecule has 0 saturated carbocycles. The molecule has 0 heterocycles. The molecule has 2 amide bonds. The van der Waals surface area contributed by atoms with E-state index in [9.17, 15) is 18.0 Å². The minimum absolute atomic E-state index is 0.0625. The molecule has 0 radical (unpaired) electrons. The number of nitrogens with one attached hydrogen (secondary N) is 1. The number of carbonyl (C=O) groups excluding carboxylic acids is 2. The third-order valence-corrected chi connectivity index (χ3v) is 10.0. The van der Waals surface area contributed by atoms with Crippen LogP contribution in [0.5, 0.6) is 5.75 Å². The molecule has 0 bridgehead atoms. The molecule has 0 aromatic heterocycles. The van der Waals surface area contributed by atoms with Crippen LogP contribution in [-0.4, -0.2) is 50.9 Å². The first-order valence-corrected chi connectivity index (χ1v) is 17.4. The summed E-state index contributed by atoms with van der Waals surface area (Å²) in [5.74, 6) is 0.0294. The number of hydrogen-bond donors (Lipinski definition) is 1. The van der Waals surface area contributed by atoms with Crippen LogP contribution in [0.2, 0.25) is 0 Å². The van der Waals surface area contributed by atoms with Crippen LogP contribution in [-0.2, 0) is 32.6 Å². The second-order valence-corrected chi connectivity index (χ2v) is 13.8. The zero-order chi connectivity index (χ0) is 34.0.